The minimum atomic E-state index is -0.667. The molecule has 8 aromatic rings. The summed E-state index contributed by atoms with van der Waals surface area (Å²) in [5.41, 5.74) is 13.3. The van der Waals surface area contributed by atoms with Crippen molar-refractivity contribution < 1.29 is 4.74 Å². The molecule has 3 aliphatic rings. The second-order valence-electron chi connectivity index (χ2n) is 13.7. The lowest BCUT2D eigenvalue weighted by molar-refractivity contribution is 0.436. The van der Waals surface area contributed by atoms with Crippen LogP contribution in [0.15, 0.2) is 188 Å². The number of hydrogen-bond donors (Lipinski definition) is 0. The van der Waals surface area contributed by atoms with E-state index in [0.29, 0.717) is 0 Å². The molecule has 0 saturated carbocycles. The molecular formula is C48H31N3O. The number of aromatic nitrogens is 2. The SMILES string of the molecule is c1ccc(C2(c3ccccc3)c3ccccc3N(c3ccc4c(c3)C3(c5ccccc5O4)c4cccnc4-c4ncccc43)c3ccccc32)cc1. The van der Waals surface area contributed by atoms with Gasteiger partial charge in [0.05, 0.1) is 33.6 Å². The van der Waals surface area contributed by atoms with E-state index < -0.39 is 10.8 Å². The normalized spacial score (nSPS) is 15.0. The summed E-state index contributed by atoms with van der Waals surface area (Å²) in [6, 6.07) is 63.3. The summed E-state index contributed by atoms with van der Waals surface area (Å²) in [4.78, 5) is 12.3. The maximum atomic E-state index is 6.76. The largest absolute Gasteiger partial charge is 0.457 e. The van der Waals surface area contributed by atoms with E-state index in [0.717, 1.165) is 62.2 Å². The molecule has 4 heterocycles. The van der Waals surface area contributed by atoms with Crippen LogP contribution in [0.5, 0.6) is 11.5 Å². The molecule has 4 nitrogen and oxygen atoms in total. The average molecular weight is 666 g/mol. The van der Waals surface area contributed by atoms with E-state index in [1.54, 1.807) is 0 Å². The molecule has 6 aromatic carbocycles. The standard InChI is InChI=1S/C48H31N3O/c1-3-15-32(16-4-1)47(33-17-5-2-6-18-33)35-19-7-10-24-41(35)51(42-25-11-8-20-36(42)47)34-27-28-44-40(31-34)48(37-21-9-12-26-43(37)52-44)38-22-13-29-49-45(38)46-39(48)23-14-30-50-46/h1-31H. The van der Waals surface area contributed by atoms with Crippen molar-refractivity contribution >= 4 is 17.1 Å². The van der Waals surface area contributed by atoms with Crippen molar-refractivity contribution in [1.82, 2.24) is 9.97 Å². The van der Waals surface area contributed by atoms with Gasteiger partial charge >= 0.3 is 0 Å². The highest BCUT2D eigenvalue weighted by atomic mass is 16.5. The number of anilines is 3. The van der Waals surface area contributed by atoms with Crippen molar-refractivity contribution in [3.63, 3.8) is 0 Å². The summed E-state index contributed by atoms with van der Waals surface area (Å²) in [5.74, 6) is 1.67. The number of fused-ring (bicyclic) bond motifs is 11. The highest BCUT2D eigenvalue weighted by Crippen LogP contribution is 2.63. The van der Waals surface area contributed by atoms with Crippen LogP contribution in [0, 0.1) is 0 Å². The predicted octanol–water partition coefficient (Wildman–Crippen LogP) is 11.1. The lowest BCUT2D eigenvalue weighted by Crippen LogP contribution is -2.38. The Morgan fingerprint density at radius 1 is 0.385 bits per heavy atom. The van der Waals surface area contributed by atoms with Crippen LogP contribution in [0.4, 0.5) is 17.1 Å². The van der Waals surface area contributed by atoms with E-state index in [4.69, 9.17) is 14.7 Å². The molecule has 0 saturated heterocycles. The Balaban J connectivity index is 1.21. The minimum Gasteiger partial charge on any atom is -0.457 e. The lowest BCUT2D eigenvalue weighted by atomic mass is 9.62. The van der Waals surface area contributed by atoms with E-state index in [-0.39, 0.29) is 0 Å². The maximum absolute atomic E-state index is 6.76. The number of para-hydroxylation sites is 3. The molecule has 52 heavy (non-hydrogen) atoms. The van der Waals surface area contributed by atoms with Gasteiger partial charge in [-0.05, 0) is 81.9 Å². The Morgan fingerprint density at radius 2 is 0.865 bits per heavy atom. The van der Waals surface area contributed by atoms with Crippen LogP contribution in [0.3, 0.4) is 0 Å². The van der Waals surface area contributed by atoms with E-state index in [1.807, 2.05) is 30.6 Å². The van der Waals surface area contributed by atoms with Crippen molar-refractivity contribution in [3.05, 3.63) is 233 Å². The highest BCUT2D eigenvalue weighted by molar-refractivity contribution is 5.91. The third-order valence-corrected chi connectivity index (χ3v) is 11.3. The van der Waals surface area contributed by atoms with Gasteiger partial charge in [-0.15, -0.1) is 0 Å². The van der Waals surface area contributed by atoms with E-state index in [1.165, 1.54) is 22.3 Å². The van der Waals surface area contributed by atoms with Gasteiger partial charge in [-0.3, -0.25) is 9.97 Å². The van der Waals surface area contributed by atoms with Crippen LogP contribution in [0.1, 0.15) is 44.5 Å². The number of benzene rings is 6. The summed E-state index contributed by atoms with van der Waals surface area (Å²) >= 11 is 0. The molecule has 0 amide bonds. The van der Waals surface area contributed by atoms with Gasteiger partial charge in [-0.25, -0.2) is 0 Å². The molecule has 1 aliphatic carbocycles. The zero-order chi connectivity index (χ0) is 34.3. The number of pyridine rings is 2. The number of hydrogen-bond acceptors (Lipinski definition) is 4. The van der Waals surface area contributed by atoms with Gasteiger partial charge in [-0.1, -0.05) is 127 Å². The molecule has 244 valence electrons. The molecule has 0 atom stereocenters. The molecule has 2 aliphatic heterocycles. The van der Waals surface area contributed by atoms with Crippen molar-refractivity contribution in [3.8, 4) is 22.9 Å². The Labute approximate surface area is 302 Å². The topological polar surface area (TPSA) is 38.2 Å². The van der Waals surface area contributed by atoms with Gasteiger partial charge in [-0.2, -0.15) is 0 Å². The van der Waals surface area contributed by atoms with Crippen LogP contribution in [-0.4, -0.2) is 9.97 Å². The Kier molecular flexibility index (Phi) is 6.06. The van der Waals surface area contributed by atoms with Gasteiger partial charge in [0.15, 0.2) is 0 Å². The molecule has 4 heteroatoms. The molecule has 11 rings (SSSR count). The molecule has 0 radical (unpaired) electrons. The summed E-state index contributed by atoms with van der Waals surface area (Å²) < 4.78 is 6.76. The zero-order valence-corrected chi connectivity index (χ0v) is 28.1. The van der Waals surface area contributed by atoms with Crippen molar-refractivity contribution in [2.45, 2.75) is 10.8 Å². The Bertz CT molecular complexity index is 2550. The zero-order valence-electron chi connectivity index (χ0n) is 28.1. The maximum Gasteiger partial charge on any atom is 0.132 e. The van der Waals surface area contributed by atoms with Gasteiger partial charge in [0.2, 0.25) is 0 Å². The summed E-state index contributed by atoms with van der Waals surface area (Å²) in [6.45, 7) is 0. The lowest BCUT2D eigenvalue weighted by Gasteiger charge is -2.47. The third-order valence-electron chi connectivity index (χ3n) is 11.3. The fraction of sp³-hybridized carbons (Fsp3) is 0.0417. The molecule has 0 N–H and O–H groups in total. The molecule has 0 unspecified atom stereocenters. The first-order valence-electron chi connectivity index (χ1n) is 17.7. The highest BCUT2D eigenvalue weighted by Gasteiger charge is 2.53. The fourth-order valence-corrected chi connectivity index (χ4v) is 9.38. The van der Waals surface area contributed by atoms with Crippen molar-refractivity contribution in [1.29, 1.82) is 0 Å². The van der Waals surface area contributed by atoms with Gasteiger partial charge < -0.3 is 9.64 Å². The van der Waals surface area contributed by atoms with E-state index >= 15 is 0 Å². The van der Waals surface area contributed by atoms with Crippen LogP contribution in [0.2, 0.25) is 0 Å². The summed E-state index contributed by atoms with van der Waals surface area (Å²) in [6.07, 6.45) is 3.73. The van der Waals surface area contributed by atoms with Crippen molar-refractivity contribution in [2.75, 3.05) is 4.90 Å². The first-order valence-corrected chi connectivity index (χ1v) is 17.7. The smallest absolute Gasteiger partial charge is 0.132 e. The quantitative estimate of drug-likeness (QED) is 0.188. The summed E-state index contributed by atoms with van der Waals surface area (Å²) in [5, 5.41) is 0. The average Bonchev–Trinajstić information content (AvgIpc) is 3.51. The van der Waals surface area contributed by atoms with Crippen molar-refractivity contribution in [2.24, 2.45) is 0 Å². The molecular weight excluding hydrogens is 635 g/mol. The molecule has 0 bridgehead atoms. The van der Waals surface area contributed by atoms with E-state index in [2.05, 4.69) is 163 Å². The van der Waals surface area contributed by atoms with Crippen LogP contribution in [-0.2, 0) is 10.8 Å². The number of nitrogens with zero attached hydrogens (tertiary/aromatic N) is 3. The number of rotatable bonds is 3. The molecule has 2 aromatic heterocycles. The predicted molar refractivity (Wildman–Crippen MR) is 206 cm³/mol. The first-order chi connectivity index (χ1) is 25.8. The molecule has 1 spiro atoms. The number of ether oxygens (including phenoxy) is 1. The van der Waals surface area contributed by atoms with Gasteiger partial charge in [0.1, 0.15) is 11.5 Å². The monoisotopic (exact) mass is 665 g/mol. The summed E-state index contributed by atoms with van der Waals surface area (Å²) in [7, 11) is 0. The van der Waals surface area contributed by atoms with Gasteiger partial charge in [0.25, 0.3) is 0 Å². The minimum absolute atomic E-state index is 0.537. The van der Waals surface area contributed by atoms with Crippen LogP contribution >= 0.6 is 0 Å². The third kappa shape index (κ3) is 3.65. The first kappa shape index (κ1) is 29.0. The Hall–Kier alpha value is -6.78. The Morgan fingerprint density at radius 3 is 1.46 bits per heavy atom. The second kappa shape index (κ2) is 10.9. The van der Waals surface area contributed by atoms with E-state index in [9.17, 15) is 0 Å². The van der Waals surface area contributed by atoms with Crippen LogP contribution in [0.25, 0.3) is 11.4 Å². The van der Waals surface area contributed by atoms with Gasteiger partial charge in [0, 0.05) is 29.2 Å². The van der Waals surface area contributed by atoms with Crippen LogP contribution < -0.4 is 9.64 Å². The molecule has 0 fully saturated rings. The fourth-order valence-electron chi connectivity index (χ4n) is 9.38. The second-order valence-corrected chi connectivity index (χ2v) is 13.7.